The topological polar surface area (TPSA) is 219 Å². The lowest BCUT2D eigenvalue weighted by atomic mass is 9.74. The van der Waals surface area contributed by atoms with Crippen LogP contribution in [0.1, 0.15) is 37.8 Å². The van der Waals surface area contributed by atoms with Crippen molar-refractivity contribution in [1.29, 1.82) is 0 Å². The first-order valence-electron chi connectivity index (χ1n) is 12.7. The lowest BCUT2D eigenvalue weighted by Crippen LogP contribution is -2.57. The Balaban J connectivity index is 0.000000634. The fourth-order valence-corrected chi connectivity index (χ4v) is 6.46. The van der Waals surface area contributed by atoms with Gasteiger partial charge in [-0.25, -0.2) is 19.7 Å². The number of nitrogens with one attached hydrogen (secondary N) is 2. The Kier molecular flexibility index (Phi) is 13.8. The van der Waals surface area contributed by atoms with Gasteiger partial charge in [-0.1, -0.05) is 74.0 Å². The van der Waals surface area contributed by atoms with E-state index in [2.05, 4.69) is 0 Å². The molecule has 0 saturated heterocycles. The summed E-state index contributed by atoms with van der Waals surface area (Å²) in [6.07, 6.45) is 3.98. The van der Waals surface area contributed by atoms with Crippen LogP contribution in [0.15, 0.2) is 65.6 Å². The van der Waals surface area contributed by atoms with Gasteiger partial charge in [-0.2, -0.15) is 8.42 Å². The monoisotopic (exact) mass is 612 g/mol. The summed E-state index contributed by atoms with van der Waals surface area (Å²) in [4.78, 5) is 25.4. The van der Waals surface area contributed by atoms with E-state index in [-0.39, 0.29) is 30.2 Å². The summed E-state index contributed by atoms with van der Waals surface area (Å²) < 4.78 is 53.9. The van der Waals surface area contributed by atoms with Gasteiger partial charge < -0.3 is 5.73 Å². The van der Waals surface area contributed by atoms with Crippen molar-refractivity contribution in [3.05, 3.63) is 71.8 Å². The molecule has 2 aromatic carbocycles. The number of carbonyl (C=O) groups is 2. The van der Waals surface area contributed by atoms with Gasteiger partial charge in [-0.05, 0) is 49.9 Å². The van der Waals surface area contributed by atoms with E-state index in [0.717, 1.165) is 11.8 Å². The van der Waals surface area contributed by atoms with Crippen molar-refractivity contribution in [2.24, 2.45) is 29.3 Å². The van der Waals surface area contributed by atoms with E-state index >= 15 is 0 Å². The Morgan fingerprint density at radius 2 is 1.56 bits per heavy atom. The number of rotatable bonds is 12. The molecule has 228 valence electrons. The zero-order valence-corrected chi connectivity index (χ0v) is 25.2. The van der Waals surface area contributed by atoms with Crippen molar-refractivity contribution in [3.63, 3.8) is 0 Å². The highest BCUT2D eigenvalue weighted by Gasteiger charge is 2.53. The van der Waals surface area contributed by atoms with Crippen molar-refractivity contribution < 1.29 is 36.2 Å². The lowest BCUT2D eigenvalue weighted by Gasteiger charge is -2.39. The molecule has 0 spiro atoms. The second-order valence-electron chi connectivity index (χ2n) is 10.00. The first-order chi connectivity index (χ1) is 19.0. The number of benzene rings is 2. The molecule has 2 amide bonds. The van der Waals surface area contributed by atoms with Crippen LogP contribution in [0, 0.1) is 24.7 Å². The van der Waals surface area contributed by atoms with Gasteiger partial charge in [0.25, 0.3) is 10.1 Å². The van der Waals surface area contributed by atoms with Crippen LogP contribution >= 0.6 is 0 Å². The molecule has 0 fully saturated rings. The van der Waals surface area contributed by atoms with Crippen LogP contribution in [0.2, 0.25) is 0 Å². The van der Waals surface area contributed by atoms with Crippen molar-refractivity contribution >= 4 is 37.8 Å². The molecule has 14 heteroatoms. The van der Waals surface area contributed by atoms with Crippen LogP contribution in [0.3, 0.4) is 0 Å². The number of aryl methyl sites for hydroxylation is 1. The fourth-order valence-electron chi connectivity index (χ4n) is 4.44. The van der Waals surface area contributed by atoms with Gasteiger partial charge in [0.05, 0.1) is 16.7 Å². The van der Waals surface area contributed by atoms with Gasteiger partial charge in [-0.3, -0.25) is 24.8 Å². The van der Waals surface area contributed by atoms with Crippen molar-refractivity contribution in [1.82, 2.24) is 10.9 Å². The van der Waals surface area contributed by atoms with Crippen molar-refractivity contribution in [2.45, 2.75) is 43.3 Å². The number of amides is 2. The van der Waals surface area contributed by atoms with E-state index in [0.29, 0.717) is 5.56 Å². The molecular weight excluding hydrogens is 572 g/mol. The Morgan fingerprint density at radius 1 is 1.00 bits per heavy atom. The summed E-state index contributed by atoms with van der Waals surface area (Å²) in [5.74, 6) is 0.988. The SMILES string of the molecule is CC(C)C[C@@H](C(=O)NN)[C@@H](C(=O)NO)C(/C=C/c1ccccc1)(CCN)S(C)(=O)=O.Cc1ccc(S(=O)(=O)O)cc1. The highest BCUT2D eigenvalue weighted by atomic mass is 32.2. The molecule has 0 radical (unpaired) electrons. The average molecular weight is 613 g/mol. The molecule has 12 nitrogen and oxygen atoms in total. The predicted molar refractivity (Wildman–Crippen MR) is 156 cm³/mol. The molecule has 0 saturated carbocycles. The van der Waals surface area contributed by atoms with Crippen LogP contribution in [-0.4, -0.2) is 56.0 Å². The van der Waals surface area contributed by atoms with Gasteiger partial charge in [0, 0.05) is 6.26 Å². The lowest BCUT2D eigenvalue weighted by molar-refractivity contribution is -0.142. The maximum Gasteiger partial charge on any atom is 0.294 e. The Morgan fingerprint density at radius 3 is 1.98 bits per heavy atom. The quantitative estimate of drug-likeness (QED) is 0.0671. The molecule has 2 rings (SSSR count). The molecule has 0 bridgehead atoms. The summed E-state index contributed by atoms with van der Waals surface area (Å²) >= 11 is 0. The molecular formula is C27H40N4O8S2. The number of hydrogen-bond acceptors (Lipinski definition) is 9. The van der Waals surface area contributed by atoms with E-state index in [1.165, 1.54) is 23.7 Å². The third-order valence-electron chi connectivity index (χ3n) is 6.43. The summed E-state index contributed by atoms with van der Waals surface area (Å²) in [6, 6.07) is 14.9. The van der Waals surface area contributed by atoms with Crippen LogP contribution in [-0.2, 0) is 29.5 Å². The van der Waals surface area contributed by atoms with Gasteiger partial charge in [0.1, 0.15) is 4.75 Å². The van der Waals surface area contributed by atoms with Crippen LogP contribution in [0.25, 0.3) is 6.08 Å². The van der Waals surface area contributed by atoms with E-state index < -0.39 is 48.4 Å². The predicted octanol–water partition coefficient (Wildman–Crippen LogP) is 1.85. The minimum Gasteiger partial charge on any atom is -0.330 e. The molecule has 8 N–H and O–H groups in total. The Bertz CT molecular complexity index is 1380. The summed E-state index contributed by atoms with van der Waals surface area (Å²) in [5.41, 5.74) is 11.0. The second kappa shape index (κ2) is 15.7. The highest BCUT2D eigenvalue weighted by Crippen LogP contribution is 2.40. The minimum atomic E-state index is -4.02. The molecule has 41 heavy (non-hydrogen) atoms. The highest BCUT2D eigenvalue weighted by molar-refractivity contribution is 7.92. The Labute approximate surface area is 241 Å². The van der Waals surface area contributed by atoms with Gasteiger partial charge >= 0.3 is 0 Å². The number of nitrogens with two attached hydrogens (primary N) is 2. The van der Waals surface area contributed by atoms with E-state index in [1.807, 2.05) is 32.3 Å². The zero-order valence-electron chi connectivity index (χ0n) is 23.5. The average Bonchev–Trinajstić information content (AvgIpc) is 2.90. The molecule has 0 aliphatic carbocycles. The van der Waals surface area contributed by atoms with Crippen LogP contribution < -0.4 is 22.5 Å². The summed E-state index contributed by atoms with van der Waals surface area (Å²) in [6.45, 7) is 5.43. The standard InChI is InChI=1S/C20H32N4O5S.C7H8O3S/c1-14(2)13-16(18(25)23-22)17(19(26)24-27)20(11-12-21,30(3,28)29)10-9-15-7-5-4-6-8-15;1-6-2-4-7(5-3-6)11(8,9)10/h4-10,14,16-17,27H,11-13,21-22H2,1-3H3,(H,23,25)(H,24,26);2-5H,1H3,(H,8,9,10)/b10-9+;/t16-,17+,20?;/m1./s1. The zero-order chi connectivity index (χ0) is 31.4. The van der Waals surface area contributed by atoms with E-state index in [1.54, 1.807) is 42.5 Å². The van der Waals surface area contributed by atoms with Gasteiger partial charge in [-0.15, -0.1) is 0 Å². The summed E-state index contributed by atoms with van der Waals surface area (Å²) in [5, 5.41) is 9.41. The second-order valence-corrected chi connectivity index (χ2v) is 13.7. The molecule has 0 heterocycles. The van der Waals surface area contributed by atoms with Crippen molar-refractivity contribution in [2.75, 3.05) is 12.8 Å². The van der Waals surface area contributed by atoms with Crippen LogP contribution in [0.4, 0.5) is 0 Å². The molecule has 0 aliphatic rings. The number of hydrazine groups is 1. The molecule has 2 aromatic rings. The first-order valence-corrected chi connectivity index (χ1v) is 16.0. The fraction of sp³-hybridized carbons (Fsp3) is 0.407. The number of hydroxylamine groups is 1. The summed E-state index contributed by atoms with van der Waals surface area (Å²) in [7, 11) is -8.01. The molecule has 3 atom stereocenters. The maximum absolute atomic E-state index is 13.1. The first kappa shape index (κ1) is 35.9. The molecule has 0 aromatic heterocycles. The largest absolute Gasteiger partial charge is 0.330 e. The number of hydrogen-bond donors (Lipinski definition) is 6. The normalized spacial score (nSPS) is 14.9. The number of carbonyl (C=O) groups excluding carboxylic acids is 2. The molecule has 0 aliphatic heterocycles. The Hall–Kier alpha value is -3.14. The minimum absolute atomic E-state index is 0.0606. The third kappa shape index (κ3) is 10.3. The number of sulfone groups is 1. The van der Waals surface area contributed by atoms with E-state index in [4.69, 9.17) is 16.1 Å². The molecule has 1 unspecified atom stereocenters. The third-order valence-corrected chi connectivity index (χ3v) is 9.27. The van der Waals surface area contributed by atoms with Gasteiger partial charge in [0.15, 0.2) is 9.84 Å². The van der Waals surface area contributed by atoms with E-state index in [9.17, 15) is 31.6 Å². The smallest absolute Gasteiger partial charge is 0.294 e. The van der Waals surface area contributed by atoms with Gasteiger partial charge in [0.2, 0.25) is 11.8 Å². The maximum atomic E-state index is 13.1. The van der Waals surface area contributed by atoms with Crippen LogP contribution in [0.5, 0.6) is 0 Å². The van der Waals surface area contributed by atoms with Crippen molar-refractivity contribution in [3.8, 4) is 0 Å².